The van der Waals surface area contributed by atoms with Crippen LogP contribution in [0, 0.1) is 0 Å². The maximum absolute atomic E-state index is 12.9. The second-order valence-corrected chi connectivity index (χ2v) is 21.1. The third-order valence-corrected chi connectivity index (χ3v) is 16.9. The SMILES string of the molecule is CC(C)(C)[Si](Oc1ccc(OC[C@@H](O)CNCCc2ccc(NC3CCN(S(=O)(=O)c4ccccc4)CC3)cc2)cc1)(c1ccccc1)c1ccccc1. The normalized spacial score (nSPS) is 15.0. The van der Waals surface area contributed by atoms with Crippen LogP contribution in [-0.4, -0.2) is 71.1 Å². The number of benzene rings is 5. The summed E-state index contributed by atoms with van der Waals surface area (Å²) in [5.41, 5.74) is 2.23. The van der Waals surface area contributed by atoms with Crippen molar-refractivity contribution in [1.82, 2.24) is 9.62 Å². The number of piperidine rings is 1. The van der Waals surface area contributed by atoms with Crippen LogP contribution in [0.4, 0.5) is 5.69 Å². The van der Waals surface area contributed by atoms with Crippen molar-refractivity contribution in [3.8, 4) is 11.5 Å². The number of sulfonamides is 1. The van der Waals surface area contributed by atoms with Crippen LogP contribution in [0.5, 0.6) is 11.5 Å². The largest absolute Gasteiger partial charge is 0.534 e. The van der Waals surface area contributed by atoms with E-state index in [1.54, 1.807) is 28.6 Å². The van der Waals surface area contributed by atoms with Gasteiger partial charge < -0.3 is 24.9 Å². The molecule has 1 saturated heterocycles. The van der Waals surface area contributed by atoms with Gasteiger partial charge >= 0.3 is 8.32 Å². The number of nitrogens with one attached hydrogen (secondary N) is 2. The zero-order chi connectivity index (χ0) is 38.0. The van der Waals surface area contributed by atoms with E-state index >= 15 is 0 Å². The van der Waals surface area contributed by atoms with Crippen molar-refractivity contribution in [2.75, 3.05) is 38.1 Å². The summed E-state index contributed by atoms with van der Waals surface area (Å²) in [6.07, 6.45) is 1.69. The number of rotatable bonds is 16. The third kappa shape index (κ3) is 9.61. The van der Waals surface area contributed by atoms with E-state index in [-0.39, 0.29) is 17.7 Å². The number of nitrogens with zero attached hydrogens (tertiary/aromatic N) is 1. The summed E-state index contributed by atoms with van der Waals surface area (Å²) in [6, 6.07) is 46.2. The molecule has 1 aliphatic heterocycles. The van der Waals surface area contributed by atoms with Gasteiger partial charge in [0.15, 0.2) is 0 Å². The Kier molecular flexibility index (Phi) is 12.9. The molecule has 1 fully saturated rings. The number of ether oxygens (including phenoxy) is 1. The summed E-state index contributed by atoms with van der Waals surface area (Å²) in [4.78, 5) is 0.351. The first-order valence-electron chi connectivity index (χ1n) is 18.9. The highest BCUT2D eigenvalue weighted by atomic mass is 32.2. The van der Waals surface area contributed by atoms with Crippen molar-refractivity contribution >= 4 is 34.4 Å². The van der Waals surface area contributed by atoms with Gasteiger partial charge in [-0.15, -0.1) is 0 Å². The third-order valence-electron chi connectivity index (χ3n) is 10.1. The molecule has 1 aliphatic rings. The van der Waals surface area contributed by atoms with Gasteiger partial charge in [0, 0.05) is 31.4 Å². The van der Waals surface area contributed by atoms with Crippen LogP contribution >= 0.6 is 0 Å². The van der Waals surface area contributed by atoms with Gasteiger partial charge in [-0.1, -0.05) is 112 Å². The lowest BCUT2D eigenvalue weighted by molar-refractivity contribution is 0.106. The van der Waals surface area contributed by atoms with E-state index in [9.17, 15) is 13.5 Å². The van der Waals surface area contributed by atoms with Crippen molar-refractivity contribution < 1.29 is 22.7 Å². The lowest BCUT2D eigenvalue weighted by atomic mass is 10.1. The topological polar surface area (TPSA) is 100 Å². The zero-order valence-corrected chi connectivity index (χ0v) is 33.3. The molecule has 1 heterocycles. The molecule has 5 aromatic carbocycles. The van der Waals surface area contributed by atoms with Crippen LogP contribution < -0.4 is 30.2 Å². The first-order valence-corrected chi connectivity index (χ1v) is 22.2. The Morgan fingerprint density at radius 1 is 0.759 bits per heavy atom. The van der Waals surface area contributed by atoms with Gasteiger partial charge in [0.05, 0.1) is 4.90 Å². The van der Waals surface area contributed by atoms with E-state index in [4.69, 9.17) is 9.16 Å². The Bertz CT molecular complexity index is 1950. The fourth-order valence-electron chi connectivity index (χ4n) is 7.17. The minimum atomic E-state index is -3.45. The number of aliphatic hydroxyl groups is 1. The fourth-order valence-corrected chi connectivity index (χ4v) is 13.1. The van der Waals surface area contributed by atoms with Crippen LogP contribution in [-0.2, 0) is 16.4 Å². The van der Waals surface area contributed by atoms with Gasteiger partial charge in [-0.3, -0.25) is 0 Å². The molecule has 284 valence electrons. The van der Waals surface area contributed by atoms with Crippen LogP contribution in [0.2, 0.25) is 5.04 Å². The molecule has 3 N–H and O–H groups in total. The number of anilines is 1. The minimum absolute atomic E-state index is 0.139. The molecule has 0 amide bonds. The average Bonchev–Trinajstić information content (AvgIpc) is 3.19. The van der Waals surface area contributed by atoms with Gasteiger partial charge in [0.25, 0.3) is 0 Å². The predicted molar refractivity (Wildman–Crippen MR) is 221 cm³/mol. The van der Waals surface area contributed by atoms with E-state index in [1.807, 2.05) is 42.5 Å². The summed E-state index contributed by atoms with van der Waals surface area (Å²) in [7, 11) is -6.18. The standard InChI is InChI=1S/C44H53N3O5SSi/c1-44(2,3)54(42-15-9-5-10-16-42,43-17-11-6-12-18-43)52-40-25-23-39(24-26-40)51-34-38(48)33-45-30-27-35-19-21-36(22-20-35)46-37-28-31-47(32-29-37)53(49,50)41-13-7-4-8-14-41/h4-26,37-38,45-46,48H,27-34H2,1-3H3/t38-/m0/s1. The molecular weight excluding hydrogens is 711 g/mol. The molecule has 5 aromatic rings. The Morgan fingerprint density at radius 2 is 1.30 bits per heavy atom. The predicted octanol–water partition coefficient (Wildman–Crippen LogP) is 6.46. The number of hydrogen-bond acceptors (Lipinski definition) is 7. The van der Waals surface area contributed by atoms with E-state index in [2.05, 4.69) is 104 Å². The van der Waals surface area contributed by atoms with Gasteiger partial charge in [-0.25, -0.2) is 8.42 Å². The number of hydrogen-bond donors (Lipinski definition) is 3. The van der Waals surface area contributed by atoms with Gasteiger partial charge in [-0.05, 0) is 95.3 Å². The van der Waals surface area contributed by atoms with Crippen molar-refractivity contribution in [2.24, 2.45) is 0 Å². The lowest BCUT2D eigenvalue weighted by Gasteiger charge is -2.43. The molecule has 0 radical (unpaired) electrons. The van der Waals surface area contributed by atoms with Gasteiger partial charge in [0.1, 0.15) is 24.2 Å². The van der Waals surface area contributed by atoms with Crippen LogP contribution in [0.1, 0.15) is 39.2 Å². The molecule has 0 saturated carbocycles. The summed E-state index contributed by atoms with van der Waals surface area (Å²) in [6.45, 7) is 9.12. The second kappa shape index (κ2) is 17.8. The molecule has 0 bridgehead atoms. The molecule has 0 aliphatic carbocycles. The second-order valence-electron chi connectivity index (χ2n) is 15.0. The van der Waals surface area contributed by atoms with Crippen molar-refractivity contribution in [3.63, 3.8) is 0 Å². The smallest absolute Gasteiger partial charge is 0.319 e. The summed E-state index contributed by atoms with van der Waals surface area (Å²) in [5.74, 6) is 1.47. The maximum atomic E-state index is 12.9. The zero-order valence-electron chi connectivity index (χ0n) is 31.5. The Labute approximate surface area is 322 Å². The first-order chi connectivity index (χ1) is 26.0. The number of aliphatic hydroxyl groups excluding tert-OH is 1. The first kappa shape index (κ1) is 39.2. The van der Waals surface area contributed by atoms with Crippen LogP contribution in [0.15, 0.2) is 144 Å². The maximum Gasteiger partial charge on any atom is 0.319 e. The molecule has 10 heteroatoms. The molecular formula is C44H53N3O5SSi. The van der Waals surface area contributed by atoms with E-state index in [0.29, 0.717) is 30.3 Å². The van der Waals surface area contributed by atoms with Crippen molar-refractivity contribution in [3.05, 3.63) is 145 Å². The van der Waals surface area contributed by atoms with Crippen LogP contribution in [0.3, 0.4) is 0 Å². The van der Waals surface area contributed by atoms with E-state index in [1.165, 1.54) is 15.9 Å². The lowest BCUT2D eigenvalue weighted by Crippen LogP contribution is -2.68. The fraction of sp³-hybridized carbons (Fsp3) is 0.318. The average molecular weight is 764 g/mol. The highest BCUT2D eigenvalue weighted by Gasteiger charge is 2.52. The minimum Gasteiger partial charge on any atom is -0.534 e. The molecule has 0 aromatic heterocycles. The summed E-state index contributed by atoms with van der Waals surface area (Å²) in [5, 5.41) is 19.8. The highest BCUT2D eigenvalue weighted by Crippen LogP contribution is 2.38. The summed E-state index contributed by atoms with van der Waals surface area (Å²) < 4.78 is 40.5. The van der Waals surface area contributed by atoms with E-state index < -0.39 is 24.4 Å². The quantitative estimate of drug-likeness (QED) is 0.0784. The Balaban J connectivity index is 0.923. The monoisotopic (exact) mass is 763 g/mol. The Morgan fingerprint density at radius 3 is 1.85 bits per heavy atom. The highest BCUT2D eigenvalue weighted by molar-refractivity contribution is 7.89. The summed E-state index contributed by atoms with van der Waals surface area (Å²) >= 11 is 0. The van der Waals surface area contributed by atoms with Crippen molar-refractivity contribution in [1.29, 1.82) is 0 Å². The van der Waals surface area contributed by atoms with E-state index in [0.717, 1.165) is 37.2 Å². The van der Waals surface area contributed by atoms with Gasteiger partial charge in [0.2, 0.25) is 10.0 Å². The van der Waals surface area contributed by atoms with Crippen molar-refractivity contribution in [2.45, 2.75) is 62.1 Å². The molecule has 0 unspecified atom stereocenters. The molecule has 0 spiro atoms. The molecule has 6 rings (SSSR count). The van der Waals surface area contributed by atoms with Gasteiger partial charge in [-0.2, -0.15) is 4.31 Å². The molecule has 1 atom stereocenters. The molecule has 54 heavy (non-hydrogen) atoms. The molecule has 8 nitrogen and oxygen atoms in total. The Hall–Kier alpha value is -4.45. The van der Waals surface area contributed by atoms with Crippen LogP contribution in [0.25, 0.3) is 0 Å².